The molecule has 1 rings (SSSR count). The summed E-state index contributed by atoms with van der Waals surface area (Å²) < 4.78 is 4.99. The number of carbonyl (C=O) groups is 1. The van der Waals surface area contributed by atoms with Gasteiger partial charge in [0.2, 0.25) is 0 Å². The van der Waals surface area contributed by atoms with Crippen LogP contribution in [0.25, 0.3) is 6.08 Å². The summed E-state index contributed by atoms with van der Waals surface area (Å²) in [5.74, 6) is -0.407. The van der Waals surface area contributed by atoms with Crippen molar-refractivity contribution in [3.8, 4) is 0 Å². The van der Waals surface area contributed by atoms with E-state index in [2.05, 4.69) is 6.58 Å². The molecule has 1 aromatic rings. The van der Waals surface area contributed by atoms with Crippen LogP contribution in [0.1, 0.15) is 12.2 Å². The van der Waals surface area contributed by atoms with E-state index in [0.717, 1.165) is 0 Å². The van der Waals surface area contributed by atoms with Crippen molar-refractivity contribution in [3.05, 3.63) is 42.4 Å². The number of furan rings is 1. The molecule has 0 saturated carbocycles. The summed E-state index contributed by atoms with van der Waals surface area (Å²) in [5.41, 5.74) is 0.268. The van der Waals surface area contributed by atoms with Crippen LogP contribution in [0.15, 0.2) is 41.0 Å². The maximum atomic E-state index is 10.7. The van der Waals surface area contributed by atoms with Crippen LogP contribution in [0, 0.1) is 0 Å². The van der Waals surface area contributed by atoms with Crippen molar-refractivity contribution < 1.29 is 14.3 Å². The van der Waals surface area contributed by atoms with Gasteiger partial charge in [0.25, 0.3) is 0 Å². The van der Waals surface area contributed by atoms with Crippen molar-refractivity contribution in [2.45, 2.75) is 6.42 Å². The van der Waals surface area contributed by atoms with Gasteiger partial charge in [-0.2, -0.15) is 0 Å². The Balaban J connectivity index is 2.86. The number of hydrogen-bond acceptors (Lipinski definition) is 2. The molecule has 0 atom stereocenters. The van der Waals surface area contributed by atoms with Gasteiger partial charge in [-0.25, -0.2) is 4.79 Å². The molecule has 0 aliphatic heterocycles. The van der Waals surface area contributed by atoms with Crippen LogP contribution in [-0.2, 0) is 4.79 Å². The van der Waals surface area contributed by atoms with Crippen LogP contribution < -0.4 is 0 Å². The lowest BCUT2D eigenvalue weighted by atomic mass is 10.1. The highest BCUT2D eigenvalue weighted by atomic mass is 16.4. The van der Waals surface area contributed by atoms with E-state index in [-0.39, 0.29) is 5.57 Å². The van der Waals surface area contributed by atoms with Gasteiger partial charge in [0.1, 0.15) is 5.76 Å². The summed E-state index contributed by atoms with van der Waals surface area (Å²) in [6.07, 6.45) is 4.86. The first-order valence-electron chi connectivity index (χ1n) is 3.82. The molecule has 0 aliphatic rings. The average Bonchev–Trinajstić information content (AvgIpc) is 2.56. The maximum Gasteiger partial charge on any atom is 0.332 e. The standard InChI is InChI=1S/C10H10O3/c1-2-4-8(10(11)12)7-9-5-3-6-13-9/h2-3,5-7H,1,4H2,(H,11,12). The topological polar surface area (TPSA) is 50.4 Å². The number of rotatable bonds is 4. The molecule has 0 spiro atoms. The predicted octanol–water partition coefficient (Wildman–Crippen LogP) is 2.32. The molecule has 0 aromatic carbocycles. The van der Waals surface area contributed by atoms with Crippen molar-refractivity contribution in [1.82, 2.24) is 0 Å². The average molecular weight is 178 g/mol. The minimum Gasteiger partial charge on any atom is -0.478 e. The molecule has 1 heterocycles. The molecule has 0 radical (unpaired) electrons. The lowest BCUT2D eigenvalue weighted by Gasteiger charge is -1.95. The van der Waals surface area contributed by atoms with Crippen LogP contribution in [0.4, 0.5) is 0 Å². The zero-order valence-electron chi connectivity index (χ0n) is 7.06. The summed E-state index contributed by atoms with van der Waals surface area (Å²) in [4.78, 5) is 10.7. The summed E-state index contributed by atoms with van der Waals surface area (Å²) in [6.45, 7) is 3.48. The first-order chi connectivity index (χ1) is 6.24. The normalized spacial score (nSPS) is 11.2. The highest BCUT2D eigenvalue weighted by molar-refractivity contribution is 5.91. The van der Waals surface area contributed by atoms with Crippen molar-refractivity contribution in [2.24, 2.45) is 0 Å². The van der Waals surface area contributed by atoms with E-state index < -0.39 is 5.97 Å². The lowest BCUT2D eigenvalue weighted by Crippen LogP contribution is -1.98. The number of aliphatic carboxylic acids is 1. The third kappa shape index (κ3) is 2.63. The van der Waals surface area contributed by atoms with Crippen LogP contribution in [0.3, 0.4) is 0 Å². The Morgan fingerprint density at radius 3 is 2.92 bits per heavy atom. The van der Waals surface area contributed by atoms with E-state index in [9.17, 15) is 4.79 Å². The second-order valence-electron chi connectivity index (χ2n) is 2.48. The Bertz CT molecular complexity index is 320. The molecular formula is C10H10O3. The molecule has 1 N–H and O–H groups in total. The van der Waals surface area contributed by atoms with Gasteiger partial charge < -0.3 is 9.52 Å². The molecule has 0 unspecified atom stereocenters. The van der Waals surface area contributed by atoms with Gasteiger partial charge in [-0.3, -0.25) is 0 Å². The Labute approximate surface area is 76.0 Å². The minimum atomic E-state index is -0.948. The molecule has 3 nitrogen and oxygen atoms in total. The highest BCUT2D eigenvalue weighted by Gasteiger charge is 2.05. The van der Waals surface area contributed by atoms with E-state index in [1.54, 1.807) is 18.2 Å². The zero-order valence-corrected chi connectivity index (χ0v) is 7.06. The van der Waals surface area contributed by atoms with Gasteiger partial charge in [-0.15, -0.1) is 6.58 Å². The number of hydrogen-bond donors (Lipinski definition) is 1. The van der Waals surface area contributed by atoms with Crippen LogP contribution in [-0.4, -0.2) is 11.1 Å². The van der Waals surface area contributed by atoms with Crippen molar-refractivity contribution in [3.63, 3.8) is 0 Å². The Kier molecular flexibility index (Phi) is 3.09. The summed E-state index contributed by atoms with van der Waals surface area (Å²) in [5, 5.41) is 8.75. The van der Waals surface area contributed by atoms with Crippen molar-refractivity contribution in [2.75, 3.05) is 0 Å². The van der Waals surface area contributed by atoms with E-state index >= 15 is 0 Å². The Morgan fingerprint density at radius 2 is 2.46 bits per heavy atom. The quantitative estimate of drug-likeness (QED) is 0.568. The second kappa shape index (κ2) is 4.30. The molecule has 0 saturated heterocycles. The number of allylic oxidation sites excluding steroid dienone is 1. The first-order valence-corrected chi connectivity index (χ1v) is 3.82. The van der Waals surface area contributed by atoms with Gasteiger partial charge in [0, 0.05) is 5.57 Å². The van der Waals surface area contributed by atoms with E-state index in [0.29, 0.717) is 12.2 Å². The Morgan fingerprint density at radius 1 is 1.69 bits per heavy atom. The number of carboxylic acid groups (broad SMARTS) is 1. The highest BCUT2D eigenvalue weighted by Crippen LogP contribution is 2.10. The van der Waals surface area contributed by atoms with E-state index in [4.69, 9.17) is 9.52 Å². The summed E-state index contributed by atoms with van der Waals surface area (Å²) in [6, 6.07) is 3.41. The first kappa shape index (κ1) is 9.32. The van der Waals surface area contributed by atoms with Gasteiger partial charge >= 0.3 is 5.97 Å². The molecule has 3 heteroatoms. The SMILES string of the molecule is C=CCC(=Cc1ccco1)C(=O)O. The molecule has 13 heavy (non-hydrogen) atoms. The van der Waals surface area contributed by atoms with Gasteiger partial charge in [0.05, 0.1) is 6.26 Å². The summed E-state index contributed by atoms with van der Waals surface area (Å²) >= 11 is 0. The van der Waals surface area contributed by atoms with E-state index in [1.807, 2.05) is 0 Å². The third-order valence-corrected chi connectivity index (χ3v) is 1.50. The van der Waals surface area contributed by atoms with Crippen LogP contribution in [0.5, 0.6) is 0 Å². The fourth-order valence-corrected chi connectivity index (χ4v) is 0.909. The lowest BCUT2D eigenvalue weighted by molar-refractivity contribution is -0.132. The fraction of sp³-hybridized carbons (Fsp3) is 0.100. The molecular weight excluding hydrogens is 168 g/mol. The minimum absolute atomic E-state index is 0.268. The Hall–Kier alpha value is -1.77. The van der Waals surface area contributed by atoms with Gasteiger partial charge in [-0.05, 0) is 24.6 Å². The van der Waals surface area contributed by atoms with Crippen LogP contribution in [0.2, 0.25) is 0 Å². The molecule has 1 aromatic heterocycles. The smallest absolute Gasteiger partial charge is 0.332 e. The molecule has 68 valence electrons. The van der Waals surface area contributed by atoms with Gasteiger partial charge in [-0.1, -0.05) is 6.08 Å². The molecule has 0 aliphatic carbocycles. The zero-order chi connectivity index (χ0) is 9.68. The van der Waals surface area contributed by atoms with Crippen molar-refractivity contribution >= 4 is 12.0 Å². The summed E-state index contributed by atoms with van der Waals surface area (Å²) in [7, 11) is 0. The fourth-order valence-electron chi connectivity index (χ4n) is 0.909. The predicted molar refractivity (Wildman–Crippen MR) is 49.1 cm³/mol. The molecule has 0 amide bonds. The van der Waals surface area contributed by atoms with Crippen molar-refractivity contribution in [1.29, 1.82) is 0 Å². The third-order valence-electron chi connectivity index (χ3n) is 1.50. The van der Waals surface area contributed by atoms with Gasteiger partial charge in [0.15, 0.2) is 0 Å². The number of carboxylic acids is 1. The maximum absolute atomic E-state index is 10.7. The largest absolute Gasteiger partial charge is 0.478 e. The van der Waals surface area contributed by atoms with E-state index in [1.165, 1.54) is 12.3 Å². The van der Waals surface area contributed by atoms with Crippen LogP contribution >= 0.6 is 0 Å². The monoisotopic (exact) mass is 178 g/mol. The second-order valence-corrected chi connectivity index (χ2v) is 2.48. The molecule has 0 bridgehead atoms. The molecule has 0 fully saturated rings.